The van der Waals surface area contributed by atoms with Crippen LogP contribution in [0.4, 0.5) is 0 Å². The van der Waals surface area contributed by atoms with Crippen molar-refractivity contribution in [2.24, 2.45) is 0 Å². The zero-order chi connectivity index (χ0) is 15.5. The molecule has 120 valence electrons. The van der Waals surface area contributed by atoms with Crippen molar-refractivity contribution < 1.29 is 5.11 Å². The average molecular weight is 310 g/mol. The zero-order valence-corrected chi connectivity index (χ0v) is 14.6. The Morgan fingerprint density at radius 3 is 2.52 bits per heavy atom. The van der Waals surface area contributed by atoms with E-state index in [-0.39, 0.29) is 0 Å². The van der Waals surface area contributed by atoms with E-state index in [2.05, 4.69) is 37.6 Å². The van der Waals surface area contributed by atoms with Crippen LogP contribution in [0.3, 0.4) is 0 Å². The molecular formula is C18H31NOS. The van der Waals surface area contributed by atoms with Crippen LogP contribution in [0.25, 0.3) is 0 Å². The first-order valence-corrected chi connectivity index (χ1v) is 9.44. The summed E-state index contributed by atoms with van der Waals surface area (Å²) in [5.41, 5.74) is 2.26. The minimum Gasteiger partial charge on any atom is -0.387 e. The molecule has 0 bridgehead atoms. The molecule has 0 fully saturated rings. The third-order valence-electron chi connectivity index (χ3n) is 3.85. The van der Waals surface area contributed by atoms with E-state index in [1.54, 1.807) is 11.8 Å². The number of aliphatic hydroxyl groups is 1. The normalized spacial score (nSPS) is 12.6. The van der Waals surface area contributed by atoms with Crippen LogP contribution in [-0.4, -0.2) is 24.5 Å². The predicted octanol–water partition coefficient (Wildman–Crippen LogP) is 4.70. The van der Waals surface area contributed by atoms with Gasteiger partial charge in [0.05, 0.1) is 6.10 Å². The summed E-state index contributed by atoms with van der Waals surface area (Å²) in [6, 6.07) is 6.24. The van der Waals surface area contributed by atoms with Crippen LogP contribution < -0.4 is 5.32 Å². The lowest BCUT2D eigenvalue weighted by Gasteiger charge is -2.14. The van der Waals surface area contributed by atoms with E-state index < -0.39 is 6.10 Å². The predicted molar refractivity (Wildman–Crippen MR) is 94.2 cm³/mol. The highest BCUT2D eigenvalue weighted by atomic mass is 32.2. The van der Waals surface area contributed by atoms with E-state index in [1.807, 2.05) is 6.07 Å². The molecular weight excluding hydrogens is 278 g/mol. The number of hydrogen-bond acceptors (Lipinski definition) is 3. The molecule has 1 aromatic carbocycles. The van der Waals surface area contributed by atoms with E-state index in [9.17, 15) is 5.11 Å². The summed E-state index contributed by atoms with van der Waals surface area (Å²) in [4.78, 5) is 1.28. The molecule has 21 heavy (non-hydrogen) atoms. The Morgan fingerprint density at radius 2 is 1.86 bits per heavy atom. The molecule has 0 saturated carbocycles. The van der Waals surface area contributed by atoms with E-state index in [0.29, 0.717) is 6.54 Å². The van der Waals surface area contributed by atoms with Crippen molar-refractivity contribution in [3.63, 3.8) is 0 Å². The Bertz CT molecular complexity index is 395. The fourth-order valence-electron chi connectivity index (χ4n) is 2.50. The lowest BCUT2D eigenvalue weighted by Crippen LogP contribution is -2.22. The first-order valence-electron chi connectivity index (χ1n) is 8.22. The van der Waals surface area contributed by atoms with E-state index in [1.165, 1.54) is 49.0 Å². The molecule has 0 heterocycles. The van der Waals surface area contributed by atoms with Gasteiger partial charge in [0.15, 0.2) is 0 Å². The van der Waals surface area contributed by atoms with Crippen LogP contribution in [0.1, 0.15) is 62.7 Å². The molecule has 1 unspecified atom stereocenters. The molecule has 3 heteroatoms. The van der Waals surface area contributed by atoms with Crippen LogP contribution in [0.2, 0.25) is 0 Å². The Labute approximate surface area is 134 Å². The van der Waals surface area contributed by atoms with Crippen LogP contribution in [0, 0.1) is 6.92 Å². The maximum atomic E-state index is 10.2. The second-order valence-electron chi connectivity index (χ2n) is 5.72. The minimum atomic E-state index is -0.403. The summed E-state index contributed by atoms with van der Waals surface area (Å²) >= 11 is 1.75. The fraction of sp³-hybridized carbons (Fsp3) is 0.667. The highest BCUT2D eigenvalue weighted by Crippen LogP contribution is 2.23. The molecule has 0 aromatic heterocycles. The summed E-state index contributed by atoms with van der Waals surface area (Å²) in [5.74, 6) is 0. The van der Waals surface area contributed by atoms with Crippen molar-refractivity contribution in [3.8, 4) is 0 Å². The number of nitrogens with one attached hydrogen (secondary N) is 1. The third kappa shape index (κ3) is 7.35. The number of benzene rings is 1. The number of thioether (sulfide) groups is 1. The summed E-state index contributed by atoms with van der Waals surface area (Å²) in [6.45, 7) is 6.00. The minimum absolute atomic E-state index is 0.403. The quantitative estimate of drug-likeness (QED) is 0.459. The van der Waals surface area contributed by atoms with Crippen molar-refractivity contribution in [1.29, 1.82) is 0 Å². The lowest BCUT2D eigenvalue weighted by atomic mass is 10.1. The molecule has 0 aliphatic heterocycles. The topological polar surface area (TPSA) is 32.3 Å². The van der Waals surface area contributed by atoms with Crippen LogP contribution >= 0.6 is 11.8 Å². The monoisotopic (exact) mass is 309 g/mol. The second kappa shape index (κ2) is 11.1. The van der Waals surface area contributed by atoms with E-state index in [0.717, 1.165) is 12.1 Å². The third-order valence-corrected chi connectivity index (χ3v) is 4.75. The highest BCUT2D eigenvalue weighted by Gasteiger charge is 2.08. The van der Waals surface area contributed by atoms with Gasteiger partial charge in [-0.2, -0.15) is 0 Å². The van der Waals surface area contributed by atoms with Gasteiger partial charge in [0, 0.05) is 11.4 Å². The van der Waals surface area contributed by atoms with Gasteiger partial charge in [0.1, 0.15) is 0 Å². The smallest absolute Gasteiger partial charge is 0.0914 e. The van der Waals surface area contributed by atoms with Gasteiger partial charge < -0.3 is 10.4 Å². The SMILES string of the molecule is CCCCCCCCNCC(O)c1ccc(SC)c(C)c1. The molecule has 2 nitrogen and oxygen atoms in total. The molecule has 1 rings (SSSR count). The average Bonchev–Trinajstić information content (AvgIpc) is 2.49. The number of rotatable bonds is 11. The summed E-state index contributed by atoms with van der Waals surface area (Å²) in [7, 11) is 0. The Morgan fingerprint density at radius 1 is 1.14 bits per heavy atom. The maximum Gasteiger partial charge on any atom is 0.0914 e. The molecule has 0 aliphatic rings. The molecule has 1 aromatic rings. The van der Waals surface area contributed by atoms with Crippen molar-refractivity contribution in [2.75, 3.05) is 19.3 Å². The van der Waals surface area contributed by atoms with Gasteiger partial charge in [-0.3, -0.25) is 0 Å². The molecule has 1 atom stereocenters. The van der Waals surface area contributed by atoms with Gasteiger partial charge in [0.2, 0.25) is 0 Å². The van der Waals surface area contributed by atoms with Gasteiger partial charge >= 0.3 is 0 Å². The van der Waals surface area contributed by atoms with Gasteiger partial charge in [-0.1, -0.05) is 51.2 Å². The van der Waals surface area contributed by atoms with Gasteiger partial charge in [-0.05, 0) is 43.3 Å². The van der Waals surface area contributed by atoms with Crippen LogP contribution in [-0.2, 0) is 0 Å². The summed E-state index contributed by atoms with van der Waals surface area (Å²) < 4.78 is 0. The van der Waals surface area contributed by atoms with Crippen LogP contribution in [0.5, 0.6) is 0 Å². The second-order valence-corrected chi connectivity index (χ2v) is 6.56. The molecule has 0 amide bonds. The van der Waals surface area contributed by atoms with Crippen LogP contribution in [0.15, 0.2) is 23.1 Å². The lowest BCUT2D eigenvalue weighted by molar-refractivity contribution is 0.174. The van der Waals surface area contributed by atoms with Crippen molar-refractivity contribution in [2.45, 2.75) is 63.4 Å². The molecule has 0 aliphatic carbocycles. The van der Waals surface area contributed by atoms with E-state index in [4.69, 9.17) is 0 Å². The fourth-order valence-corrected chi connectivity index (χ4v) is 3.08. The molecule has 0 saturated heterocycles. The number of aliphatic hydroxyl groups excluding tert-OH is 1. The number of aryl methyl sites for hydroxylation is 1. The Hall–Kier alpha value is -0.510. The molecule has 0 spiro atoms. The van der Waals surface area contributed by atoms with Crippen molar-refractivity contribution >= 4 is 11.8 Å². The summed E-state index contributed by atoms with van der Waals surface area (Å²) in [5, 5.41) is 13.6. The Balaban J connectivity index is 2.19. The molecule has 0 radical (unpaired) electrons. The molecule has 2 N–H and O–H groups in total. The highest BCUT2D eigenvalue weighted by molar-refractivity contribution is 7.98. The first kappa shape index (κ1) is 18.5. The van der Waals surface area contributed by atoms with Gasteiger partial charge in [-0.15, -0.1) is 11.8 Å². The maximum absolute atomic E-state index is 10.2. The standard InChI is InChI=1S/C18H31NOS/c1-4-5-6-7-8-9-12-19-14-17(20)16-10-11-18(21-3)15(2)13-16/h10-11,13,17,19-20H,4-9,12,14H2,1-3H3. The van der Waals surface area contributed by atoms with Gasteiger partial charge in [-0.25, -0.2) is 0 Å². The van der Waals surface area contributed by atoms with E-state index >= 15 is 0 Å². The van der Waals surface area contributed by atoms with Crippen molar-refractivity contribution in [1.82, 2.24) is 5.32 Å². The van der Waals surface area contributed by atoms with Crippen molar-refractivity contribution in [3.05, 3.63) is 29.3 Å². The largest absolute Gasteiger partial charge is 0.387 e. The zero-order valence-electron chi connectivity index (χ0n) is 13.8. The summed E-state index contributed by atoms with van der Waals surface area (Å²) in [6.07, 6.45) is 9.55. The Kier molecular flexibility index (Phi) is 9.81. The number of hydrogen-bond donors (Lipinski definition) is 2. The number of unbranched alkanes of at least 4 members (excludes halogenated alkanes) is 5. The van der Waals surface area contributed by atoms with Gasteiger partial charge in [0.25, 0.3) is 0 Å². The first-order chi connectivity index (χ1) is 10.2.